The molecule has 0 N–H and O–H groups in total. The van der Waals surface area contributed by atoms with E-state index in [1.807, 2.05) is 11.8 Å². The monoisotopic (exact) mass is 495 g/mol. The third-order valence-corrected chi connectivity index (χ3v) is 7.69. The van der Waals surface area contributed by atoms with Gasteiger partial charge in [-0.25, -0.2) is 18.4 Å². The van der Waals surface area contributed by atoms with Crippen molar-refractivity contribution in [3.8, 4) is 0 Å². The van der Waals surface area contributed by atoms with Gasteiger partial charge in [-0.1, -0.05) is 19.9 Å². The highest BCUT2D eigenvalue weighted by Crippen LogP contribution is 2.22. The van der Waals surface area contributed by atoms with Crippen molar-refractivity contribution < 1.29 is 13.2 Å². The lowest BCUT2D eigenvalue weighted by Gasteiger charge is -2.35. The molecule has 1 aliphatic heterocycles. The number of hydrogen-bond acceptors (Lipinski definition) is 6. The quantitative estimate of drug-likeness (QED) is 0.611. The molecule has 0 saturated carbocycles. The fraction of sp³-hybridized carbons (Fsp3) is 0.450. The number of piperazine rings is 1. The maximum absolute atomic E-state index is 13.2. The van der Waals surface area contributed by atoms with Crippen molar-refractivity contribution in [3.63, 3.8) is 0 Å². The van der Waals surface area contributed by atoms with Gasteiger partial charge in [-0.15, -0.1) is 0 Å². The first kappa shape index (κ1) is 22.6. The Hall–Kier alpha value is -2.04. The van der Waals surface area contributed by atoms with Crippen LogP contribution in [0.5, 0.6) is 0 Å². The number of carbonyl (C=O) groups excluding carboxylic acids is 1. The minimum atomic E-state index is -3.62. The summed E-state index contributed by atoms with van der Waals surface area (Å²) >= 11 is 3.33. The first-order valence-corrected chi connectivity index (χ1v) is 12.1. The van der Waals surface area contributed by atoms with Crippen molar-refractivity contribution >= 4 is 37.8 Å². The fourth-order valence-electron chi connectivity index (χ4n) is 3.45. The van der Waals surface area contributed by atoms with Crippen LogP contribution in [0.3, 0.4) is 0 Å². The topological polar surface area (TPSA) is 86.7 Å². The summed E-state index contributed by atoms with van der Waals surface area (Å²) in [6.45, 7) is 8.47. The van der Waals surface area contributed by atoms with E-state index in [4.69, 9.17) is 0 Å². The highest BCUT2D eigenvalue weighted by Gasteiger charge is 2.27. The van der Waals surface area contributed by atoms with Crippen LogP contribution in [0.2, 0.25) is 0 Å². The van der Waals surface area contributed by atoms with Gasteiger partial charge in [-0.05, 0) is 40.5 Å². The maximum atomic E-state index is 13.2. The normalized spacial score (nSPS) is 15.0. The number of anilines is 1. The molecule has 10 heteroatoms. The second-order valence-electron chi connectivity index (χ2n) is 7.05. The number of carbonyl (C=O) groups is 1. The molecule has 0 bridgehead atoms. The maximum Gasteiger partial charge on any atom is 0.254 e. The Morgan fingerprint density at radius 1 is 1.10 bits per heavy atom. The predicted octanol–water partition coefficient (Wildman–Crippen LogP) is 2.54. The predicted molar refractivity (Wildman–Crippen MR) is 119 cm³/mol. The first-order chi connectivity index (χ1) is 14.3. The Labute approximate surface area is 186 Å². The molecule has 162 valence electrons. The van der Waals surface area contributed by atoms with E-state index in [0.29, 0.717) is 50.8 Å². The second-order valence-corrected chi connectivity index (χ2v) is 9.90. The van der Waals surface area contributed by atoms with E-state index >= 15 is 0 Å². The lowest BCUT2D eigenvalue weighted by atomic mass is 10.1. The van der Waals surface area contributed by atoms with Gasteiger partial charge in [0.05, 0.1) is 9.37 Å². The van der Waals surface area contributed by atoms with Gasteiger partial charge < -0.3 is 9.80 Å². The van der Waals surface area contributed by atoms with Crippen molar-refractivity contribution in [2.24, 2.45) is 0 Å². The molecule has 1 aromatic heterocycles. The van der Waals surface area contributed by atoms with Gasteiger partial charge in [0.1, 0.15) is 0 Å². The average Bonchev–Trinajstić information content (AvgIpc) is 2.75. The molecule has 1 fully saturated rings. The van der Waals surface area contributed by atoms with Crippen LogP contribution in [-0.4, -0.2) is 72.8 Å². The van der Waals surface area contributed by atoms with Crippen LogP contribution in [0.25, 0.3) is 0 Å². The Kier molecular flexibility index (Phi) is 7.10. The smallest absolute Gasteiger partial charge is 0.254 e. The molecule has 0 atom stereocenters. The van der Waals surface area contributed by atoms with Crippen LogP contribution in [-0.2, 0) is 10.0 Å². The summed E-state index contributed by atoms with van der Waals surface area (Å²) in [7, 11) is -3.62. The molecule has 1 aliphatic rings. The summed E-state index contributed by atoms with van der Waals surface area (Å²) < 4.78 is 27.9. The minimum absolute atomic E-state index is 0.152. The van der Waals surface area contributed by atoms with Crippen molar-refractivity contribution in [3.05, 3.63) is 46.2 Å². The van der Waals surface area contributed by atoms with Crippen molar-refractivity contribution in [2.45, 2.75) is 25.7 Å². The molecule has 1 saturated heterocycles. The van der Waals surface area contributed by atoms with Crippen LogP contribution in [0.1, 0.15) is 29.8 Å². The number of aryl methyl sites for hydroxylation is 1. The van der Waals surface area contributed by atoms with Crippen molar-refractivity contribution in [1.82, 2.24) is 19.2 Å². The van der Waals surface area contributed by atoms with Gasteiger partial charge in [-0.3, -0.25) is 4.79 Å². The zero-order valence-corrected chi connectivity index (χ0v) is 19.8. The summed E-state index contributed by atoms with van der Waals surface area (Å²) in [6.07, 6.45) is 3.40. The third-order valence-electron chi connectivity index (χ3n) is 5.24. The molecule has 0 unspecified atom stereocenters. The summed E-state index contributed by atoms with van der Waals surface area (Å²) in [6, 6.07) is 4.79. The largest absolute Gasteiger partial charge is 0.337 e. The third kappa shape index (κ3) is 4.65. The highest BCUT2D eigenvalue weighted by molar-refractivity contribution is 9.10. The zero-order valence-electron chi connectivity index (χ0n) is 17.4. The SMILES string of the molecule is CCN(CC)S(=O)(=O)c1ccc(C)c(C(=O)N2CCN(c3ncc(Br)cn3)CC2)c1. The first-order valence-electron chi connectivity index (χ1n) is 9.90. The molecule has 2 heterocycles. The van der Waals surface area contributed by atoms with Gasteiger partial charge in [-0.2, -0.15) is 4.31 Å². The average molecular weight is 496 g/mol. The molecular weight excluding hydrogens is 470 g/mol. The standard InChI is InChI=1S/C20H26BrN5O3S/c1-4-26(5-2)30(28,29)17-7-6-15(3)18(12-17)19(27)24-8-10-25(11-9-24)20-22-13-16(21)14-23-20/h6-7,12-14H,4-5,8-11H2,1-3H3. The molecular formula is C20H26BrN5O3S. The van der Waals surface area contributed by atoms with E-state index in [-0.39, 0.29) is 10.8 Å². The Morgan fingerprint density at radius 2 is 1.70 bits per heavy atom. The minimum Gasteiger partial charge on any atom is -0.337 e. The highest BCUT2D eigenvalue weighted by atomic mass is 79.9. The Morgan fingerprint density at radius 3 is 2.27 bits per heavy atom. The Bertz CT molecular complexity index is 1000. The number of sulfonamides is 1. The molecule has 0 radical (unpaired) electrons. The van der Waals surface area contributed by atoms with Crippen molar-refractivity contribution in [2.75, 3.05) is 44.2 Å². The fourth-order valence-corrected chi connectivity index (χ4v) is 5.14. The number of rotatable bonds is 6. The van der Waals surface area contributed by atoms with Crippen LogP contribution >= 0.6 is 15.9 Å². The summed E-state index contributed by atoms with van der Waals surface area (Å²) in [5, 5.41) is 0. The van der Waals surface area contributed by atoms with Gasteiger partial charge >= 0.3 is 0 Å². The van der Waals surface area contributed by atoms with Crippen LogP contribution in [0.15, 0.2) is 40.0 Å². The van der Waals surface area contributed by atoms with E-state index in [9.17, 15) is 13.2 Å². The molecule has 0 aliphatic carbocycles. The molecule has 30 heavy (non-hydrogen) atoms. The van der Waals surface area contributed by atoms with Gasteiger partial charge in [0.2, 0.25) is 16.0 Å². The van der Waals surface area contributed by atoms with Gasteiger partial charge in [0.15, 0.2) is 0 Å². The number of aromatic nitrogens is 2. The van der Waals surface area contributed by atoms with E-state index in [2.05, 4.69) is 25.9 Å². The molecule has 2 aromatic rings. The van der Waals surface area contributed by atoms with Crippen LogP contribution in [0, 0.1) is 6.92 Å². The second kappa shape index (κ2) is 9.40. The number of nitrogens with zero attached hydrogens (tertiary/aromatic N) is 5. The van der Waals surface area contributed by atoms with Crippen LogP contribution in [0.4, 0.5) is 5.95 Å². The molecule has 1 amide bonds. The number of benzene rings is 1. The molecule has 1 aromatic carbocycles. The van der Waals surface area contributed by atoms with E-state index in [1.165, 1.54) is 10.4 Å². The van der Waals surface area contributed by atoms with Gasteiger partial charge in [0.25, 0.3) is 5.91 Å². The van der Waals surface area contributed by atoms with Gasteiger partial charge in [0, 0.05) is 57.2 Å². The lowest BCUT2D eigenvalue weighted by Crippen LogP contribution is -2.49. The van der Waals surface area contributed by atoms with Crippen LogP contribution < -0.4 is 4.90 Å². The summed E-state index contributed by atoms with van der Waals surface area (Å²) in [5.41, 5.74) is 1.19. The zero-order chi connectivity index (χ0) is 21.9. The molecule has 8 nitrogen and oxygen atoms in total. The Balaban J connectivity index is 1.76. The van der Waals surface area contributed by atoms with Crippen molar-refractivity contribution in [1.29, 1.82) is 0 Å². The van der Waals surface area contributed by atoms with E-state index in [1.54, 1.807) is 43.3 Å². The number of amides is 1. The van der Waals surface area contributed by atoms with E-state index < -0.39 is 10.0 Å². The molecule has 3 rings (SSSR count). The number of hydrogen-bond donors (Lipinski definition) is 0. The summed E-state index contributed by atoms with van der Waals surface area (Å²) in [4.78, 5) is 25.7. The van der Waals surface area contributed by atoms with E-state index in [0.717, 1.165) is 10.0 Å². The molecule has 0 spiro atoms. The number of halogens is 1. The lowest BCUT2D eigenvalue weighted by molar-refractivity contribution is 0.0745. The summed E-state index contributed by atoms with van der Waals surface area (Å²) in [5.74, 6) is 0.481.